The lowest BCUT2D eigenvalue weighted by Crippen LogP contribution is -2.30. The van der Waals surface area contributed by atoms with Crippen molar-refractivity contribution in [2.24, 2.45) is 23.7 Å². The summed E-state index contributed by atoms with van der Waals surface area (Å²) in [6, 6.07) is 69.3. The summed E-state index contributed by atoms with van der Waals surface area (Å²) in [7, 11) is -2.20. The summed E-state index contributed by atoms with van der Waals surface area (Å²) in [4.78, 5) is 0. The lowest BCUT2D eigenvalue weighted by Gasteiger charge is -2.33. The van der Waals surface area contributed by atoms with Crippen molar-refractivity contribution in [3.8, 4) is 0 Å². The zero-order chi connectivity index (χ0) is 60.0. The fourth-order valence-electron chi connectivity index (χ4n) is 18.6. The van der Waals surface area contributed by atoms with E-state index in [-0.39, 0.29) is 31.7 Å². The smallest absolute Gasteiger partial charge is 0.00253 e. The Labute approximate surface area is 535 Å². The summed E-state index contributed by atoms with van der Waals surface area (Å²) < 4.78 is 0. The maximum atomic E-state index is 2.87. The first-order chi connectivity index (χ1) is 42.3. The molecule has 4 heterocycles. The Kier molecular flexibility index (Phi) is 20.1. The minimum Gasteiger partial charge on any atom is -0.0688 e. The SMILES string of the molecule is C[C@@H]1CC[C@@H](CC[C@H]2CC[C@H](C)P2c2cc(Cc3ccc(P4[C@H](C)CC[C@H]4C)c(P4[C@H](C)CC[C@H]4C)c3)ccc2P2[C@@H](C)CC[C@@H]2C)C1c1ccccc1P(c1ccccc1)c1ccc(P(c2ccccc2)c2ccccc2C2[C@@H](C)CC[C@@H]2C)cc1. The molecule has 16 atom stereocenters. The molecule has 13 rings (SSSR count). The molecule has 456 valence electrons. The molecule has 0 nitrogen and oxygen atoms in total. The summed E-state index contributed by atoms with van der Waals surface area (Å²) in [5.74, 6) is 4.00. The lowest BCUT2D eigenvalue weighted by atomic mass is 9.81. The molecule has 6 aliphatic rings. The van der Waals surface area contributed by atoms with Gasteiger partial charge in [0.25, 0.3) is 0 Å². The second-order valence-electron chi connectivity index (χ2n) is 28.8. The van der Waals surface area contributed by atoms with Gasteiger partial charge < -0.3 is 0 Å². The highest BCUT2D eigenvalue weighted by molar-refractivity contribution is 7.80. The van der Waals surface area contributed by atoms with Crippen molar-refractivity contribution >= 4 is 101 Å². The second kappa shape index (κ2) is 27.8. The predicted octanol–water partition coefficient (Wildman–Crippen LogP) is 19.2. The molecule has 0 spiro atoms. The second-order valence-corrected chi connectivity index (χ2v) is 45.3. The Balaban J connectivity index is 0.800. The summed E-state index contributed by atoms with van der Waals surface area (Å²) in [5.41, 5.74) is 13.1. The highest BCUT2D eigenvalue weighted by atomic mass is 31.1. The van der Waals surface area contributed by atoms with Crippen molar-refractivity contribution in [1.82, 2.24) is 0 Å². The van der Waals surface area contributed by atoms with Gasteiger partial charge in [-0.25, -0.2) is 0 Å². The minimum absolute atomic E-state index is 0.0976. The molecule has 0 N–H and O–H groups in total. The van der Waals surface area contributed by atoms with Crippen LogP contribution in [0.4, 0.5) is 0 Å². The normalized spacial score (nSPS) is 30.6. The van der Waals surface area contributed by atoms with Gasteiger partial charge in [0, 0.05) is 0 Å². The molecule has 0 amide bonds. The first-order valence-corrected chi connectivity index (χ1v) is 43.3. The Hall–Kier alpha value is -2.88. The fraction of sp³-hybridized carbons (Fsp3) is 0.481. The Morgan fingerprint density at radius 3 is 1.14 bits per heavy atom. The average molecular weight is 1260 g/mol. The number of benzene rings is 7. The van der Waals surface area contributed by atoms with Gasteiger partial charge in [0.2, 0.25) is 0 Å². The summed E-state index contributed by atoms with van der Waals surface area (Å²) in [6.45, 7) is 26.0. The van der Waals surface area contributed by atoms with E-state index in [9.17, 15) is 0 Å². The third-order valence-electron chi connectivity index (χ3n) is 23.0. The molecule has 87 heavy (non-hydrogen) atoms. The largest absolute Gasteiger partial charge is 0.0688 e. The molecule has 0 aromatic heterocycles. The van der Waals surface area contributed by atoms with Gasteiger partial charge in [0.1, 0.15) is 0 Å². The van der Waals surface area contributed by atoms with Crippen LogP contribution in [0.5, 0.6) is 0 Å². The maximum Gasteiger partial charge on any atom is -0.00253 e. The third-order valence-corrected chi connectivity index (χ3v) is 41.9. The van der Waals surface area contributed by atoms with Gasteiger partial charge in [-0.05, 0) is 268 Å². The molecule has 6 heteroatoms. The van der Waals surface area contributed by atoms with Crippen molar-refractivity contribution in [3.05, 3.63) is 192 Å². The number of rotatable bonds is 17. The van der Waals surface area contributed by atoms with Crippen LogP contribution in [-0.2, 0) is 6.42 Å². The van der Waals surface area contributed by atoms with Gasteiger partial charge >= 0.3 is 0 Å². The average Bonchev–Trinajstić information content (AvgIpc) is 2.33. The van der Waals surface area contributed by atoms with E-state index in [0.717, 1.165) is 57.6 Å². The van der Waals surface area contributed by atoms with Crippen LogP contribution in [0.15, 0.2) is 170 Å². The summed E-state index contributed by atoms with van der Waals surface area (Å²) in [6.07, 6.45) is 20.5. The number of hydrogen-bond donors (Lipinski definition) is 0. The first-order valence-electron chi connectivity index (χ1n) is 34.7. The Morgan fingerprint density at radius 1 is 0.310 bits per heavy atom. The van der Waals surface area contributed by atoms with E-state index in [1.54, 1.807) is 32.9 Å². The van der Waals surface area contributed by atoms with E-state index in [0.29, 0.717) is 29.6 Å². The molecule has 0 radical (unpaired) electrons. The Bertz CT molecular complexity index is 3390. The van der Waals surface area contributed by atoms with Gasteiger partial charge in [-0.2, -0.15) is 0 Å². The predicted molar refractivity (Wildman–Crippen MR) is 397 cm³/mol. The molecule has 7 aromatic rings. The fourth-order valence-corrected chi connectivity index (χ4v) is 38.3. The monoisotopic (exact) mass is 1260 g/mol. The highest BCUT2D eigenvalue weighted by Gasteiger charge is 2.43. The van der Waals surface area contributed by atoms with E-state index >= 15 is 0 Å². The van der Waals surface area contributed by atoms with E-state index in [1.807, 2.05) is 21.2 Å². The maximum absolute atomic E-state index is 2.87. The van der Waals surface area contributed by atoms with E-state index < -0.39 is 15.8 Å². The van der Waals surface area contributed by atoms with Crippen molar-refractivity contribution in [2.45, 2.75) is 223 Å². The topological polar surface area (TPSA) is 0 Å². The molecule has 2 saturated carbocycles. The molecule has 2 aliphatic carbocycles. The zero-order valence-corrected chi connectivity index (χ0v) is 59.9. The van der Waals surface area contributed by atoms with Gasteiger partial charge in [-0.1, -0.05) is 271 Å². The van der Waals surface area contributed by atoms with Gasteiger partial charge in [0.05, 0.1) is 0 Å². The molecule has 4 aliphatic heterocycles. The third kappa shape index (κ3) is 12.9. The highest BCUT2D eigenvalue weighted by Crippen LogP contribution is 2.62. The number of hydrogen-bond acceptors (Lipinski definition) is 0. The van der Waals surface area contributed by atoms with Crippen molar-refractivity contribution in [3.63, 3.8) is 0 Å². The van der Waals surface area contributed by atoms with E-state index in [2.05, 4.69) is 239 Å². The van der Waals surface area contributed by atoms with Crippen molar-refractivity contribution in [1.29, 1.82) is 0 Å². The molecule has 4 saturated heterocycles. The summed E-state index contributed by atoms with van der Waals surface area (Å²) >= 11 is 0. The Morgan fingerprint density at radius 2 is 0.667 bits per heavy atom. The van der Waals surface area contributed by atoms with Crippen LogP contribution in [-0.4, -0.2) is 45.3 Å². The van der Waals surface area contributed by atoms with Gasteiger partial charge in [-0.3, -0.25) is 0 Å². The lowest BCUT2D eigenvalue weighted by molar-refractivity contribution is 0.396. The molecule has 4 unspecified atom stereocenters. The van der Waals surface area contributed by atoms with Crippen LogP contribution in [0.3, 0.4) is 0 Å². The molecular formula is C81H102P6. The van der Waals surface area contributed by atoms with Crippen molar-refractivity contribution < 1.29 is 0 Å². The first kappa shape index (κ1) is 62.9. The zero-order valence-electron chi connectivity index (χ0n) is 54.5. The van der Waals surface area contributed by atoms with Crippen LogP contribution >= 0.6 is 47.5 Å². The van der Waals surface area contributed by atoms with Crippen LogP contribution in [0, 0.1) is 23.7 Å². The molecular weight excluding hydrogens is 1160 g/mol. The molecule has 7 aromatic carbocycles. The van der Waals surface area contributed by atoms with Crippen molar-refractivity contribution in [2.75, 3.05) is 0 Å². The standard InChI is InChI=1S/C81H102P6/c1-54-29-30-55(2)80(54)72-25-17-19-27-74(72)86(67-21-13-11-14-22-67)70-45-47-71(48-46-70)87(68-23-15-12-16-24-68)75-28-20-18-26-73(75)81-56(3)31-41-66(81)42-44-69-43-38-63(10)85(69)79-53-65(40-50-77(79)83-59(6)34-35-60(83)7)51-64-39-49-76(82-57(4)32-33-58(82)5)78(52-64)84-61(8)36-37-62(84)9/h11-28,39-40,45-50,52-63,66,69,80-81H,29-38,41-44,51H2,1-10H3/t54-,55-,56+,57+,58+,59-,60-,61+,62+,63-,66-,69+,81?,85?,86?,87?/m0/s1. The van der Waals surface area contributed by atoms with Crippen LogP contribution in [0.25, 0.3) is 0 Å². The summed E-state index contributed by atoms with van der Waals surface area (Å²) in [5, 5.41) is 16.3. The van der Waals surface area contributed by atoms with Crippen LogP contribution in [0.1, 0.15) is 193 Å². The molecule has 0 bridgehead atoms. The van der Waals surface area contributed by atoms with Gasteiger partial charge in [-0.15, -0.1) is 0 Å². The van der Waals surface area contributed by atoms with Crippen LogP contribution < -0.4 is 53.0 Å². The minimum atomic E-state index is -0.789. The quantitative estimate of drug-likeness (QED) is 0.0797. The molecule has 6 fully saturated rings. The van der Waals surface area contributed by atoms with E-state index in [4.69, 9.17) is 0 Å². The van der Waals surface area contributed by atoms with Gasteiger partial charge in [0.15, 0.2) is 0 Å². The van der Waals surface area contributed by atoms with E-state index in [1.165, 1.54) is 111 Å². The van der Waals surface area contributed by atoms with Crippen LogP contribution in [0.2, 0.25) is 0 Å².